The number of benzene rings is 3. The van der Waals surface area contributed by atoms with Gasteiger partial charge >= 0.3 is 7.12 Å². The average Bonchev–Trinajstić information content (AvgIpc) is 1.52. The number of aromatic nitrogens is 6. The number of aryl methyl sites for hydroxylation is 3. The van der Waals surface area contributed by atoms with Crippen molar-refractivity contribution < 1.29 is 51.0 Å². The van der Waals surface area contributed by atoms with Crippen LogP contribution in [-0.2, 0) is 9.31 Å². The molecule has 0 spiro atoms. The number of alkyl halides is 6. The lowest BCUT2D eigenvalue weighted by molar-refractivity contribution is 0.00578. The van der Waals surface area contributed by atoms with E-state index < -0.39 is 37.6 Å². The third-order valence-corrected chi connectivity index (χ3v) is 20.4. The van der Waals surface area contributed by atoms with Crippen molar-refractivity contribution in [3.8, 4) is 22.3 Å². The highest BCUT2D eigenvalue weighted by atomic mass is 79.9. The molecule has 3 saturated carbocycles. The molecule has 13 rings (SSSR count). The van der Waals surface area contributed by atoms with Gasteiger partial charge in [0.25, 0.3) is 19.3 Å². The van der Waals surface area contributed by atoms with Crippen LogP contribution in [0, 0.1) is 40.5 Å². The molecule has 9 N–H and O–H groups in total. The highest BCUT2D eigenvalue weighted by Gasteiger charge is 2.52. The molecule has 1 saturated heterocycles. The molecule has 1 aliphatic heterocycles. The molecular formula is C72H78BBrF6N12O5. The van der Waals surface area contributed by atoms with E-state index in [0.717, 1.165) is 106 Å². The second kappa shape index (κ2) is 29.3. The molecule has 0 bridgehead atoms. The maximum Gasteiger partial charge on any atom is 0.496 e. The van der Waals surface area contributed by atoms with Crippen molar-refractivity contribution in [1.82, 2.24) is 28.7 Å². The number of hydrogen-bond donors (Lipinski definition) is 6. The summed E-state index contributed by atoms with van der Waals surface area (Å²) in [5, 5.41) is 32.1. The van der Waals surface area contributed by atoms with Crippen molar-refractivity contribution in [2.45, 2.75) is 192 Å². The van der Waals surface area contributed by atoms with Crippen LogP contribution < -0.4 is 22.7 Å². The van der Waals surface area contributed by atoms with Gasteiger partial charge in [-0.1, -0.05) is 0 Å². The quantitative estimate of drug-likeness (QED) is 0.0453. The fraction of sp³-hybridized carbons (Fsp3) is 0.417. The number of aliphatic hydroxyl groups excluding tert-OH is 3. The van der Waals surface area contributed by atoms with Crippen molar-refractivity contribution in [1.29, 1.82) is 0 Å². The molecule has 7 heterocycles. The van der Waals surface area contributed by atoms with Gasteiger partial charge in [0, 0.05) is 104 Å². The molecule has 25 heteroatoms. The first-order valence-electron chi connectivity index (χ1n) is 32.2. The van der Waals surface area contributed by atoms with Gasteiger partial charge in [-0.3, -0.25) is 15.0 Å². The molecule has 0 radical (unpaired) electrons. The molecule has 4 aliphatic rings. The van der Waals surface area contributed by atoms with Crippen molar-refractivity contribution in [2.24, 2.45) is 0 Å². The van der Waals surface area contributed by atoms with Crippen LogP contribution in [0.3, 0.4) is 0 Å². The van der Waals surface area contributed by atoms with Crippen LogP contribution in [0.15, 0.2) is 96.6 Å². The van der Waals surface area contributed by atoms with Gasteiger partial charge in [0.2, 0.25) is 0 Å². The standard InChI is InChI=1S/C22H29BN2O3.2C22H22F2N4O.C6H5BrF2N2/c1-14-11-20-17(12-19(14)24-6)18(23-27-21(2,3)22(4,5)28-23)13-25(20)15-7-9-16(26)10-8-15;2*1-12-7-20-15(8-19(12)26-2)17(11-28(20)13-3-5-14(29)6-4-13)16-9-27-10-18(25)21(16)22(23)24;7-3-1-11-2-4(10)5(3)6(8)9/h11-13,15-16,26H,7-10H2,1-5H3;2*7-11,13-14,22,29H,3-6,25H2,1H3;1-2,6H,10H2. The number of halogens is 7. The monoisotopic (exact) mass is 1390 g/mol. The fourth-order valence-corrected chi connectivity index (χ4v) is 14.2. The maximum atomic E-state index is 13.8. The summed E-state index contributed by atoms with van der Waals surface area (Å²) in [6.45, 7) is 36.4. The molecule has 0 unspecified atom stereocenters. The molecular weight excluding hydrogens is 1320 g/mol. The lowest BCUT2D eigenvalue weighted by Gasteiger charge is -2.32. The number of nitrogens with two attached hydrogens (primary N) is 3. The third-order valence-electron chi connectivity index (χ3n) is 19.8. The Bertz CT molecular complexity index is 4300. The van der Waals surface area contributed by atoms with E-state index in [1.54, 1.807) is 12.1 Å². The summed E-state index contributed by atoms with van der Waals surface area (Å²) in [6.07, 6.45) is 14.6. The zero-order chi connectivity index (χ0) is 70.1. The number of fused-ring (bicyclic) bond motifs is 3. The van der Waals surface area contributed by atoms with Gasteiger partial charge in [0.15, 0.2) is 17.1 Å². The molecule has 3 aromatic carbocycles. The lowest BCUT2D eigenvalue weighted by Crippen LogP contribution is -2.41. The van der Waals surface area contributed by atoms with Gasteiger partial charge in [-0.15, -0.1) is 0 Å². The van der Waals surface area contributed by atoms with Gasteiger partial charge in [-0.25, -0.2) is 40.9 Å². The van der Waals surface area contributed by atoms with E-state index >= 15 is 0 Å². The summed E-state index contributed by atoms with van der Waals surface area (Å²) in [5.74, 6) is 0. The number of hydrogen-bond acceptors (Lipinski definition) is 11. The Morgan fingerprint density at radius 3 is 1.10 bits per heavy atom. The first kappa shape index (κ1) is 71.3. The van der Waals surface area contributed by atoms with Crippen molar-refractivity contribution in [2.75, 3.05) is 17.2 Å². The predicted molar refractivity (Wildman–Crippen MR) is 372 cm³/mol. The smallest absolute Gasteiger partial charge is 0.399 e. The molecule has 17 nitrogen and oxygen atoms in total. The van der Waals surface area contributed by atoms with Gasteiger partial charge < -0.3 is 55.5 Å². The van der Waals surface area contributed by atoms with E-state index in [9.17, 15) is 41.7 Å². The molecule has 97 heavy (non-hydrogen) atoms. The minimum atomic E-state index is -2.73. The van der Waals surface area contributed by atoms with Crippen LogP contribution in [0.25, 0.3) is 69.5 Å². The SMILES string of the molecule is Nc1cncc(Br)c1C(F)F.[C-]#[N+]c1cc2c(-c3cncc(N)c3C(F)F)cn(C3CCC(O)CC3)c2cc1C.[C-]#[N+]c1cc2c(-c3cncc(N)c3C(F)F)cn(C3CCC(O)CC3)c2cc1C.[C-]#[N+]c1cc2c(B3OC(C)(C)C(C)(C)O3)cn(C3CCC(O)CC3)c2cc1C. The summed E-state index contributed by atoms with van der Waals surface area (Å²) in [7, 11) is -0.454. The van der Waals surface area contributed by atoms with E-state index in [-0.39, 0.29) is 68.6 Å². The molecule has 4 fully saturated rings. The largest absolute Gasteiger partial charge is 0.496 e. The summed E-state index contributed by atoms with van der Waals surface area (Å²) < 4.78 is 98.9. The Balaban J connectivity index is 0.000000146. The highest BCUT2D eigenvalue weighted by molar-refractivity contribution is 9.10. The average molecular weight is 1400 g/mol. The number of aliphatic hydroxyl groups is 3. The van der Waals surface area contributed by atoms with E-state index in [2.05, 4.69) is 99.1 Å². The zero-order valence-electron chi connectivity index (χ0n) is 55.0. The summed E-state index contributed by atoms with van der Waals surface area (Å²) in [4.78, 5) is 22.6. The highest BCUT2D eigenvalue weighted by Crippen LogP contribution is 2.47. The number of rotatable bonds is 9. The minimum absolute atomic E-state index is 0.00868. The number of pyridine rings is 3. The predicted octanol–water partition coefficient (Wildman–Crippen LogP) is 17.8. The second-order valence-electron chi connectivity index (χ2n) is 26.6. The zero-order valence-corrected chi connectivity index (χ0v) is 56.6. The van der Waals surface area contributed by atoms with Crippen LogP contribution in [-0.4, -0.2) is 80.6 Å². The first-order valence-corrected chi connectivity index (χ1v) is 33.0. The summed E-state index contributed by atoms with van der Waals surface area (Å²) in [6, 6.07) is 12.2. The molecule has 6 aromatic heterocycles. The fourth-order valence-electron chi connectivity index (χ4n) is 13.6. The normalized spacial score (nSPS) is 20.6. The molecule has 3 aliphatic carbocycles. The number of anilines is 3. The summed E-state index contributed by atoms with van der Waals surface area (Å²) >= 11 is 2.93. The Labute approximate surface area is 568 Å². The van der Waals surface area contributed by atoms with Gasteiger partial charge in [-0.2, -0.15) is 0 Å². The van der Waals surface area contributed by atoms with Crippen molar-refractivity contribution >= 4 is 95.3 Å². The van der Waals surface area contributed by atoms with Crippen molar-refractivity contribution in [3.05, 3.63) is 164 Å². The van der Waals surface area contributed by atoms with E-state index in [4.69, 9.17) is 46.2 Å². The minimum Gasteiger partial charge on any atom is -0.399 e. The Morgan fingerprint density at radius 1 is 0.474 bits per heavy atom. The Hall–Kier alpha value is -8.48. The Kier molecular flexibility index (Phi) is 21.5. The van der Waals surface area contributed by atoms with Crippen LogP contribution >= 0.6 is 15.9 Å². The van der Waals surface area contributed by atoms with E-state index in [1.165, 1.54) is 37.2 Å². The third kappa shape index (κ3) is 14.7. The topological polar surface area (TPSA) is 224 Å². The first-order chi connectivity index (χ1) is 46.1. The lowest BCUT2D eigenvalue weighted by atomic mass is 9.79. The van der Waals surface area contributed by atoms with Gasteiger partial charge in [-0.05, 0) is 211 Å². The van der Waals surface area contributed by atoms with E-state index in [0.29, 0.717) is 71.0 Å². The van der Waals surface area contributed by atoms with Gasteiger partial charge in [0.05, 0.1) is 102 Å². The van der Waals surface area contributed by atoms with Crippen LogP contribution in [0.5, 0.6) is 0 Å². The maximum absolute atomic E-state index is 13.8. The Morgan fingerprint density at radius 2 is 0.784 bits per heavy atom. The molecule has 0 amide bonds. The van der Waals surface area contributed by atoms with E-state index in [1.807, 2.05) is 51.4 Å². The van der Waals surface area contributed by atoms with Gasteiger partial charge in [0.1, 0.15) is 0 Å². The summed E-state index contributed by atoms with van der Waals surface area (Å²) in [5.41, 5.74) is 25.4. The molecule has 0 atom stereocenters. The molecule has 9 aromatic rings. The van der Waals surface area contributed by atoms with Crippen LogP contribution in [0.4, 0.5) is 60.5 Å². The molecule has 508 valence electrons. The van der Waals surface area contributed by atoms with Crippen LogP contribution in [0.1, 0.15) is 176 Å². The second-order valence-corrected chi connectivity index (χ2v) is 27.4. The van der Waals surface area contributed by atoms with Crippen LogP contribution in [0.2, 0.25) is 0 Å². The number of nitrogen functional groups attached to an aromatic ring is 3. The number of nitrogens with zero attached hydrogens (tertiary/aromatic N) is 9. The van der Waals surface area contributed by atoms with Crippen molar-refractivity contribution in [3.63, 3.8) is 0 Å².